The van der Waals surface area contributed by atoms with Gasteiger partial charge in [0, 0.05) is 0 Å². The molecule has 0 spiro atoms. The highest BCUT2D eigenvalue weighted by Crippen LogP contribution is 2.57. The van der Waals surface area contributed by atoms with Crippen LogP contribution >= 0.6 is 0 Å². The van der Waals surface area contributed by atoms with Gasteiger partial charge in [0.15, 0.2) is 5.78 Å². The lowest BCUT2D eigenvalue weighted by atomic mass is 9.74. The highest BCUT2D eigenvalue weighted by Gasteiger charge is 2.63. The van der Waals surface area contributed by atoms with Crippen LogP contribution in [0.3, 0.4) is 0 Å². The van der Waals surface area contributed by atoms with Crippen LogP contribution in [0.2, 0.25) is 0 Å². The average molecular weight is 380 g/mol. The van der Waals surface area contributed by atoms with Crippen LogP contribution in [-0.4, -0.2) is 24.0 Å². The number of carbonyl (C=O) groups excluding carboxylic acids is 2. The Balaban J connectivity index is 1.64. The molecule has 1 saturated carbocycles. The molecule has 148 valence electrons. The van der Waals surface area contributed by atoms with Crippen LogP contribution in [0.15, 0.2) is 17.9 Å². The van der Waals surface area contributed by atoms with Gasteiger partial charge in [-0.25, -0.2) is 0 Å². The number of benzene rings is 1. The van der Waals surface area contributed by atoms with Gasteiger partial charge in [-0.2, -0.15) is 0 Å². The highest BCUT2D eigenvalue weighted by molar-refractivity contribution is 6.26. The van der Waals surface area contributed by atoms with E-state index in [0.29, 0.717) is 17.3 Å². The number of aryl methyl sites for hydroxylation is 3. The zero-order valence-electron chi connectivity index (χ0n) is 17.1. The van der Waals surface area contributed by atoms with Gasteiger partial charge in [0.1, 0.15) is 5.76 Å². The third-order valence-electron chi connectivity index (χ3n) is 7.14. The summed E-state index contributed by atoms with van der Waals surface area (Å²) in [5.74, 6) is 0.687. The first kappa shape index (κ1) is 18.1. The van der Waals surface area contributed by atoms with Crippen LogP contribution in [0.4, 0.5) is 0 Å². The molecule has 4 nitrogen and oxygen atoms in total. The molecule has 4 heteroatoms. The fourth-order valence-corrected chi connectivity index (χ4v) is 5.79. The van der Waals surface area contributed by atoms with Crippen molar-refractivity contribution in [2.24, 2.45) is 23.7 Å². The third-order valence-corrected chi connectivity index (χ3v) is 7.14. The second-order valence-corrected chi connectivity index (χ2v) is 9.17. The molecule has 2 bridgehead atoms. The molecule has 5 rings (SSSR count). The highest BCUT2D eigenvalue weighted by atomic mass is 16.5. The summed E-state index contributed by atoms with van der Waals surface area (Å²) < 4.78 is 12.2. The number of rotatable bonds is 4. The van der Waals surface area contributed by atoms with Crippen LogP contribution < -0.4 is 0 Å². The standard InChI is InChI=1S/C24H28O4/c1-5-14-10-16-18-20(22(14)27-16)21(25)19(23(18)28-24(26)15-6-7-15)17-12(3)8-11(2)9-13(17)4/h8-9,14-16,18,20,22H,5-7,10H2,1-4H3/t14?,16?,18-,20+,22?/m0/s1. The molecule has 5 atom stereocenters. The van der Waals surface area contributed by atoms with Crippen molar-refractivity contribution in [3.05, 3.63) is 40.1 Å². The van der Waals surface area contributed by atoms with Gasteiger partial charge in [0.05, 0.1) is 35.5 Å². The van der Waals surface area contributed by atoms with E-state index in [1.54, 1.807) is 0 Å². The van der Waals surface area contributed by atoms with E-state index in [-0.39, 0.29) is 41.7 Å². The maximum Gasteiger partial charge on any atom is 0.314 e. The minimum atomic E-state index is -0.194. The Morgan fingerprint density at radius 3 is 2.43 bits per heavy atom. The molecule has 0 radical (unpaired) electrons. The molecule has 0 amide bonds. The summed E-state index contributed by atoms with van der Waals surface area (Å²) in [6.45, 7) is 8.32. The molecule has 0 N–H and O–H groups in total. The normalized spacial score (nSPS) is 33.6. The van der Waals surface area contributed by atoms with Crippen LogP contribution in [0.1, 0.15) is 54.9 Å². The number of ketones is 1. The minimum absolute atomic E-state index is 0.00513. The molecule has 2 heterocycles. The van der Waals surface area contributed by atoms with Crippen molar-refractivity contribution in [3.63, 3.8) is 0 Å². The minimum Gasteiger partial charge on any atom is -0.430 e. The first-order valence-electron chi connectivity index (χ1n) is 10.6. The van der Waals surface area contributed by atoms with E-state index < -0.39 is 0 Å². The van der Waals surface area contributed by atoms with Gasteiger partial charge in [-0.3, -0.25) is 9.59 Å². The summed E-state index contributed by atoms with van der Waals surface area (Å²) in [5, 5.41) is 0. The second-order valence-electron chi connectivity index (χ2n) is 9.17. The van der Waals surface area contributed by atoms with E-state index >= 15 is 0 Å². The Hall–Kier alpha value is -1.94. The zero-order valence-corrected chi connectivity index (χ0v) is 17.1. The lowest BCUT2D eigenvalue weighted by Gasteiger charge is -2.27. The Morgan fingerprint density at radius 1 is 1.14 bits per heavy atom. The largest absolute Gasteiger partial charge is 0.430 e. The van der Waals surface area contributed by atoms with E-state index in [2.05, 4.69) is 26.0 Å². The zero-order chi connectivity index (χ0) is 19.7. The van der Waals surface area contributed by atoms with E-state index in [9.17, 15) is 9.59 Å². The molecule has 28 heavy (non-hydrogen) atoms. The summed E-state index contributed by atoms with van der Waals surface area (Å²) in [6, 6.07) is 4.22. The molecule has 1 aromatic rings. The van der Waals surface area contributed by atoms with Gasteiger partial charge in [0.2, 0.25) is 0 Å². The summed E-state index contributed by atoms with van der Waals surface area (Å²) in [4.78, 5) is 26.3. The average Bonchev–Trinajstić information content (AvgIpc) is 3.24. The molecular formula is C24H28O4. The van der Waals surface area contributed by atoms with Gasteiger partial charge >= 0.3 is 5.97 Å². The number of ether oxygens (including phenoxy) is 2. The van der Waals surface area contributed by atoms with Crippen molar-refractivity contribution in [2.75, 3.05) is 0 Å². The Bertz CT molecular complexity index is 884. The summed E-state index contributed by atoms with van der Waals surface area (Å²) in [6.07, 6.45) is 3.73. The molecule has 3 unspecified atom stereocenters. The number of allylic oxidation sites excluding steroid dienone is 1. The van der Waals surface area contributed by atoms with Crippen molar-refractivity contribution in [1.82, 2.24) is 0 Å². The monoisotopic (exact) mass is 380 g/mol. The molecule has 1 aromatic carbocycles. The summed E-state index contributed by atoms with van der Waals surface area (Å²) in [7, 11) is 0. The molecule has 2 aliphatic heterocycles. The number of fused-ring (bicyclic) bond motifs is 5. The molecule has 4 aliphatic rings. The Labute approximate surface area is 166 Å². The lowest BCUT2D eigenvalue weighted by molar-refractivity contribution is -0.142. The van der Waals surface area contributed by atoms with E-state index in [1.807, 2.05) is 13.8 Å². The SMILES string of the molecule is CCC1CC2OC1[C@H]1C(=O)C(c3c(C)cc(C)cc3C)=C(OC(=O)C3CC3)[C@@H]21. The summed E-state index contributed by atoms with van der Waals surface area (Å²) >= 11 is 0. The lowest BCUT2D eigenvalue weighted by Crippen LogP contribution is -2.35. The van der Waals surface area contributed by atoms with Crippen molar-refractivity contribution in [3.8, 4) is 0 Å². The van der Waals surface area contributed by atoms with Crippen LogP contribution in [-0.2, 0) is 19.1 Å². The second kappa shape index (κ2) is 6.28. The summed E-state index contributed by atoms with van der Waals surface area (Å²) in [5.41, 5.74) is 4.92. The molecule has 2 saturated heterocycles. The van der Waals surface area contributed by atoms with Crippen molar-refractivity contribution in [2.45, 2.75) is 65.6 Å². The van der Waals surface area contributed by atoms with Gasteiger partial charge in [-0.05, 0) is 62.6 Å². The van der Waals surface area contributed by atoms with Crippen molar-refractivity contribution in [1.29, 1.82) is 0 Å². The van der Waals surface area contributed by atoms with E-state index in [0.717, 1.165) is 42.4 Å². The van der Waals surface area contributed by atoms with Crippen molar-refractivity contribution < 1.29 is 19.1 Å². The molecule has 0 aromatic heterocycles. The predicted octanol–water partition coefficient (Wildman–Crippen LogP) is 4.29. The molecule has 3 fully saturated rings. The van der Waals surface area contributed by atoms with Gasteiger partial charge < -0.3 is 9.47 Å². The maximum atomic E-state index is 13.7. The number of carbonyl (C=O) groups is 2. The van der Waals surface area contributed by atoms with Crippen LogP contribution in [0, 0.1) is 44.4 Å². The third kappa shape index (κ3) is 2.53. The van der Waals surface area contributed by atoms with Gasteiger partial charge in [-0.1, -0.05) is 31.0 Å². The van der Waals surface area contributed by atoms with Gasteiger partial charge in [0.25, 0.3) is 0 Å². The first-order valence-corrected chi connectivity index (χ1v) is 10.6. The van der Waals surface area contributed by atoms with Crippen LogP contribution in [0.5, 0.6) is 0 Å². The molecule has 2 aliphatic carbocycles. The topological polar surface area (TPSA) is 52.6 Å². The number of hydrogen-bond donors (Lipinski definition) is 0. The maximum absolute atomic E-state index is 13.7. The number of Topliss-reactive ketones (excluding diaryl/α,β-unsaturated/α-hetero) is 1. The Kier molecular flexibility index (Phi) is 4.06. The number of hydrogen-bond acceptors (Lipinski definition) is 4. The first-order chi connectivity index (χ1) is 13.4. The Morgan fingerprint density at radius 2 is 1.82 bits per heavy atom. The van der Waals surface area contributed by atoms with Crippen LogP contribution in [0.25, 0.3) is 5.57 Å². The van der Waals surface area contributed by atoms with Gasteiger partial charge in [-0.15, -0.1) is 0 Å². The van der Waals surface area contributed by atoms with E-state index in [1.165, 1.54) is 5.56 Å². The van der Waals surface area contributed by atoms with E-state index in [4.69, 9.17) is 9.47 Å². The fraction of sp³-hybridized carbons (Fsp3) is 0.583. The molecular weight excluding hydrogens is 352 g/mol. The quantitative estimate of drug-likeness (QED) is 0.731. The van der Waals surface area contributed by atoms with Crippen molar-refractivity contribution >= 4 is 17.3 Å². The smallest absolute Gasteiger partial charge is 0.314 e. The number of esters is 1. The predicted molar refractivity (Wildman–Crippen MR) is 105 cm³/mol. The fourth-order valence-electron chi connectivity index (χ4n) is 5.79.